The van der Waals surface area contributed by atoms with Crippen molar-refractivity contribution in [2.45, 2.75) is 19.0 Å². The van der Waals surface area contributed by atoms with E-state index in [1.807, 2.05) is 18.2 Å². The van der Waals surface area contributed by atoms with Gasteiger partial charge in [-0.05, 0) is 17.9 Å². The van der Waals surface area contributed by atoms with Gasteiger partial charge in [0.15, 0.2) is 0 Å². The molecule has 0 spiro atoms. The summed E-state index contributed by atoms with van der Waals surface area (Å²) in [6.45, 7) is 2.91. The number of amides is 1. The van der Waals surface area contributed by atoms with Crippen molar-refractivity contribution in [3.63, 3.8) is 0 Å². The van der Waals surface area contributed by atoms with Gasteiger partial charge in [0.25, 0.3) is 0 Å². The predicted octanol–water partition coefficient (Wildman–Crippen LogP) is 1.27. The molecule has 1 aromatic rings. The van der Waals surface area contributed by atoms with E-state index in [0.717, 1.165) is 19.5 Å². The van der Waals surface area contributed by atoms with Gasteiger partial charge in [0.05, 0.1) is 0 Å². The van der Waals surface area contributed by atoms with Crippen LogP contribution in [0.1, 0.15) is 12.0 Å². The summed E-state index contributed by atoms with van der Waals surface area (Å²) < 4.78 is 0. The number of benzene rings is 1. The van der Waals surface area contributed by atoms with E-state index in [2.05, 4.69) is 22.3 Å². The Kier molecular flexibility index (Phi) is 6.44. The Morgan fingerprint density at radius 2 is 2.10 bits per heavy atom. The summed E-state index contributed by atoms with van der Waals surface area (Å²) in [5, 5.41) is 11.1. The fraction of sp³-hybridized carbons (Fsp3) is 0.500. The molecule has 1 aliphatic rings. The van der Waals surface area contributed by atoms with E-state index < -0.39 is 6.09 Å². The molecule has 1 fully saturated rings. The largest absolute Gasteiger partial charge is 0.465 e. The van der Waals surface area contributed by atoms with Crippen LogP contribution in [0.2, 0.25) is 0 Å². The van der Waals surface area contributed by atoms with Crippen LogP contribution in [0.5, 0.6) is 0 Å². The zero-order chi connectivity index (χ0) is 13.7. The number of nitrogens with one attached hydrogen (secondary N) is 1. The quantitative estimate of drug-likeness (QED) is 0.648. The Morgan fingerprint density at radius 1 is 1.40 bits per heavy atom. The van der Waals surface area contributed by atoms with Gasteiger partial charge in [-0.25, -0.2) is 4.79 Å². The molecule has 0 bridgehead atoms. The number of hydrogen-bond acceptors (Lipinski definition) is 4. The first-order valence-corrected chi connectivity index (χ1v) is 6.64. The van der Waals surface area contributed by atoms with Gasteiger partial charge in [-0.2, -0.15) is 0 Å². The van der Waals surface area contributed by atoms with Gasteiger partial charge in [0, 0.05) is 32.2 Å². The summed E-state index contributed by atoms with van der Waals surface area (Å²) in [5.41, 5.74) is 7.09. The van der Waals surface area contributed by atoms with Gasteiger partial charge >= 0.3 is 6.09 Å². The van der Waals surface area contributed by atoms with Crippen molar-refractivity contribution in [2.75, 3.05) is 19.6 Å². The average Bonchev–Trinajstić information content (AvgIpc) is 2.80. The molecule has 20 heavy (non-hydrogen) atoms. The molecule has 1 saturated heterocycles. The fourth-order valence-corrected chi connectivity index (χ4v) is 2.73. The lowest BCUT2D eigenvalue weighted by molar-refractivity contribution is 0.192. The van der Waals surface area contributed by atoms with E-state index in [4.69, 9.17) is 10.8 Å². The monoisotopic (exact) mass is 280 g/mol. The van der Waals surface area contributed by atoms with Crippen LogP contribution >= 0.6 is 0 Å². The lowest BCUT2D eigenvalue weighted by atomic mass is 10.1. The Balaban J connectivity index is 0.00000200. The van der Waals surface area contributed by atoms with Crippen molar-refractivity contribution in [3.05, 3.63) is 35.9 Å². The number of nitrogens with zero attached hydrogens (tertiary/aromatic N) is 1. The highest BCUT2D eigenvalue weighted by molar-refractivity contribution is 5.64. The maximum Gasteiger partial charge on any atom is 0.404 e. The second-order valence-corrected chi connectivity index (χ2v) is 5.09. The molecule has 1 aromatic carbocycles. The van der Waals surface area contributed by atoms with E-state index in [1.54, 1.807) is 0 Å². The zero-order valence-electron chi connectivity index (χ0n) is 11.7. The first-order chi connectivity index (χ1) is 9.19. The molecule has 2 atom stereocenters. The summed E-state index contributed by atoms with van der Waals surface area (Å²) in [6.07, 6.45) is 0.00896. The van der Waals surface area contributed by atoms with Crippen molar-refractivity contribution in [2.24, 2.45) is 11.7 Å². The summed E-state index contributed by atoms with van der Waals surface area (Å²) in [5.74, 6) is 0.355. The molecule has 0 radical (unpaired) electrons. The Labute approximate surface area is 119 Å². The molecule has 7 N–H and O–H groups in total. The molecule has 0 aliphatic carbocycles. The smallest absolute Gasteiger partial charge is 0.404 e. The third-order valence-corrected chi connectivity index (χ3v) is 3.66. The molecule has 1 aliphatic heterocycles. The van der Waals surface area contributed by atoms with Crippen LogP contribution < -0.4 is 17.2 Å². The van der Waals surface area contributed by atoms with Crippen LogP contribution in [0, 0.1) is 5.92 Å². The van der Waals surface area contributed by atoms with Gasteiger partial charge in [0.2, 0.25) is 0 Å². The van der Waals surface area contributed by atoms with Crippen LogP contribution in [0.4, 0.5) is 4.79 Å². The molecule has 1 amide bonds. The van der Waals surface area contributed by atoms with Gasteiger partial charge in [-0.3, -0.25) is 4.90 Å². The predicted molar refractivity (Wildman–Crippen MR) is 78.9 cm³/mol. The number of nitrogens with two attached hydrogens (primary N) is 1. The van der Waals surface area contributed by atoms with Crippen molar-refractivity contribution in [1.29, 1.82) is 0 Å². The molecule has 6 nitrogen and oxygen atoms in total. The van der Waals surface area contributed by atoms with E-state index in [1.165, 1.54) is 5.56 Å². The molecule has 2 rings (SSSR count). The summed E-state index contributed by atoms with van der Waals surface area (Å²) in [6, 6.07) is 10.6. The maximum atomic E-state index is 10.5. The lowest BCUT2D eigenvalue weighted by Gasteiger charge is -2.23. The number of carbonyl (C=O) groups is 1. The third-order valence-electron chi connectivity index (χ3n) is 3.66. The lowest BCUT2D eigenvalue weighted by Crippen LogP contribution is -2.35. The average molecular weight is 280 g/mol. The summed E-state index contributed by atoms with van der Waals surface area (Å²) in [4.78, 5) is 12.9. The van der Waals surface area contributed by atoms with E-state index in [9.17, 15) is 4.79 Å². The molecule has 0 aromatic heterocycles. The van der Waals surface area contributed by atoms with E-state index >= 15 is 0 Å². The fourth-order valence-electron chi connectivity index (χ4n) is 2.73. The first kappa shape index (κ1) is 16.4. The highest BCUT2D eigenvalue weighted by Gasteiger charge is 2.30. The van der Waals surface area contributed by atoms with Crippen molar-refractivity contribution in [3.8, 4) is 0 Å². The standard InChI is InChI=1S/C14H21N3O2.H3N/c15-7-13-6-12(8-16-14(18)19)10-17(13)9-11-4-2-1-3-5-11;/h1-5,12-13,16H,6-10,15H2,(H,18,19);1H3/t12-,13+;/m1./s1. The normalized spacial score (nSPS) is 22.2. The van der Waals surface area contributed by atoms with Crippen molar-refractivity contribution in [1.82, 2.24) is 16.4 Å². The molecule has 0 saturated carbocycles. The first-order valence-electron chi connectivity index (χ1n) is 6.64. The Morgan fingerprint density at radius 3 is 2.70 bits per heavy atom. The number of carboxylic acid groups (broad SMARTS) is 1. The van der Waals surface area contributed by atoms with Crippen LogP contribution in [0.15, 0.2) is 30.3 Å². The van der Waals surface area contributed by atoms with E-state index in [0.29, 0.717) is 25.0 Å². The molecule has 1 heterocycles. The van der Waals surface area contributed by atoms with Crippen molar-refractivity contribution < 1.29 is 9.90 Å². The van der Waals surface area contributed by atoms with E-state index in [-0.39, 0.29) is 6.15 Å². The molecule has 6 heteroatoms. The molecule has 112 valence electrons. The van der Waals surface area contributed by atoms with Gasteiger partial charge in [-0.15, -0.1) is 0 Å². The topological polar surface area (TPSA) is 114 Å². The number of likely N-dealkylation sites (tertiary alicyclic amines) is 1. The Bertz CT molecular complexity index is 413. The maximum absolute atomic E-state index is 10.5. The minimum atomic E-state index is -0.953. The molecular weight excluding hydrogens is 256 g/mol. The van der Waals surface area contributed by atoms with Crippen LogP contribution in [-0.2, 0) is 6.54 Å². The van der Waals surface area contributed by atoms with Gasteiger partial charge in [-0.1, -0.05) is 30.3 Å². The number of hydrogen-bond donors (Lipinski definition) is 4. The summed E-state index contributed by atoms with van der Waals surface area (Å²) >= 11 is 0. The Hall–Kier alpha value is -1.63. The van der Waals surface area contributed by atoms with Crippen molar-refractivity contribution >= 4 is 6.09 Å². The second kappa shape index (κ2) is 7.84. The van der Waals surface area contributed by atoms with Gasteiger partial charge in [0.1, 0.15) is 0 Å². The number of rotatable bonds is 5. The third kappa shape index (κ3) is 4.48. The highest BCUT2D eigenvalue weighted by atomic mass is 16.4. The molecular formula is C14H24N4O2. The van der Waals surface area contributed by atoms with Gasteiger partial charge < -0.3 is 22.3 Å². The van der Waals surface area contributed by atoms with Crippen LogP contribution in [0.3, 0.4) is 0 Å². The molecule has 0 unspecified atom stereocenters. The minimum Gasteiger partial charge on any atom is -0.465 e. The minimum absolute atomic E-state index is 0. The summed E-state index contributed by atoms with van der Waals surface area (Å²) in [7, 11) is 0. The SMILES string of the molecule is N.NC[C@@H]1C[C@H](CNC(=O)O)CN1Cc1ccccc1. The van der Waals surface area contributed by atoms with Crippen LogP contribution in [0.25, 0.3) is 0 Å². The highest BCUT2D eigenvalue weighted by Crippen LogP contribution is 2.24. The second-order valence-electron chi connectivity index (χ2n) is 5.09. The zero-order valence-corrected chi connectivity index (χ0v) is 11.7. The van der Waals surface area contributed by atoms with Crippen LogP contribution in [-0.4, -0.2) is 41.8 Å².